The van der Waals surface area contributed by atoms with E-state index in [1.54, 1.807) is 0 Å². The van der Waals surface area contributed by atoms with Gasteiger partial charge in [0.2, 0.25) is 5.91 Å². The number of anilines is 1. The van der Waals surface area contributed by atoms with Gasteiger partial charge in [-0.25, -0.2) is 9.97 Å². The normalized spacial score (nSPS) is 13.4. The lowest BCUT2D eigenvalue weighted by molar-refractivity contribution is -0.119. The van der Waals surface area contributed by atoms with E-state index < -0.39 is 0 Å². The van der Waals surface area contributed by atoms with Crippen LogP contribution in [0.15, 0.2) is 40.4 Å². The Labute approximate surface area is 141 Å². The molecule has 6 heteroatoms. The van der Waals surface area contributed by atoms with Crippen LogP contribution in [0.5, 0.6) is 0 Å². The molecule has 1 aromatic carbocycles. The van der Waals surface area contributed by atoms with E-state index in [1.165, 1.54) is 11.8 Å². The summed E-state index contributed by atoms with van der Waals surface area (Å²) in [6, 6.07) is 9.40. The van der Waals surface area contributed by atoms with Gasteiger partial charge in [0.1, 0.15) is 0 Å². The molecule has 0 bridgehead atoms. The van der Waals surface area contributed by atoms with Crippen LogP contribution in [-0.4, -0.2) is 21.9 Å². The fraction of sp³-hybridized carbons (Fsp3) is 0.353. The minimum absolute atomic E-state index is 0.0713. The van der Waals surface area contributed by atoms with E-state index in [-0.39, 0.29) is 17.9 Å². The summed E-state index contributed by atoms with van der Waals surface area (Å²) in [6.45, 7) is 7.56. The molecule has 1 heterocycles. The fourth-order valence-corrected chi connectivity index (χ4v) is 2.81. The highest BCUT2D eigenvalue weighted by Crippen LogP contribution is 2.26. The van der Waals surface area contributed by atoms with Crippen LogP contribution in [0.1, 0.15) is 25.2 Å². The fourth-order valence-electron chi connectivity index (χ4n) is 1.95. The molecule has 2 rings (SSSR count). The number of rotatable bonds is 5. The molecule has 1 aromatic heterocycles. The lowest BCUT2D eigenvalue weighted by atomic mass is 10.0. The van der Waals surface area contributed by atoms with Crippen molar-refractivity contribution in [2.75, 3.05) is 5.32 Å². The molecule has 23 heavy (non-hydrogen) atoms. The van der Waals surface area contributed by atoms with Crippen molar-refractivity contribution in [1.82, 2.24) is 9.97 Å². The number of carbonyl (C=O) groups is 1. The number of hydrogen-bond acceptors (Lipinski definition) is 5. The lowest BCUT2D eigenvalue weighted by Crippen LogP contribution is -2.34. The molecule has 3 N–H and O–H groups in total. The summed E-state index contributed by atoms with van der Waals surface area (Å²) in [5, 5.41) is 3.60. The molecule has 122 valence electrons. The number of amides is 1. The number of nitrogens with zero attached hydrogens (tertiary/aromatic N) is 2. The van der Waals surface area contributed by atoms with Gasteiger partial charge in [0, 0.05) is 28.0 Å². The Balaban J connectivity index is 2.03. The zero-order chi connectivity index (χ0) is 17.0. The molecule has 0 spiro atoms. The van der Waals surface area contributed by atoms with Crippen molar-refractivity contribution >= 4 is 23.4 Å². The average Bonchev–Trinajstić information content (AvgIpc) is 2.47. The number of hydrogen-bond donors (Lipinski definition) is 2. The third-order valence-electron chi connectivity index (χ3n) is 3.49. The highest BCUT2D eigenvalue weighted by Gasteiger charge is 2.16. The van der Waals surface area contributed by atoms with Gasteiger partial charge in [0.25, 0.3) is 0 Å². The van der Waals surface area contributed by atoms with Gasteiger partial charge >= 0.3 is 0 Å². The van der Waals surface area contributed by atoms with Crippen molar-refractivity contribution in [3.63, 3.8) is 0 Å². The molecule has 1 amide bonds. The van der Waals surface area contributed by atoms with Gasteiger partial charge in [-0.3, -0.25) is 4.79 Å². The molecule has 2 unspecified atom stereocenters. The van der Waals surface area contributed by atoms with Gasteiger partial charge in [-0.2, -0.15) is 0 Å². The van der Waals surface area contributed by atoms with Gasteiger partial charge in [0.05, 0.1) is 5.92 Å². The minimum Gasteiger partial charge on any atom is -0.327 e. The van der Waals surface area contributed by atoms with Crippen LogP contribution < -0.4 is 11.1 Å². The summed E-state index contributed by atoms with van der Waals surface area (Å²) >= 11 is 1.50. The first-order valence-electron chi connectivity index (χ1n) is 7.52. The second-order valence-corrected chi connectivity index (χ2v) is 6.74. The number of benzene rings is 1. The SMILES string of the molecule is Cc1cc(C)nc(Sc2ccc(NC(=O)C(C)C(C)N)cc2)n1. The summed E-state index contributed by atoms with van der Waals surface area (Å²) in [4.78, 5) is 21.8. The maximum atomic E-state index is 12.0. The third kappa shape index (κ3) is 5.04. The molecule has 0 saturated heterocycles. The van der Waals surface area contributed by atoms with Crippen molar-refractivity contribution < 1.29 is 4.79 Å². The zero-order valence-corrected chi connectivity index (χ0v) is 14.6. The van der Waals surface area contributed by atoms with Crippen LogP contribution >= 0.6 is 11.8 Å². The Hall–Kier alpha value is -1.92. The molecule has 2 aromatic rings. The van der Waals surface area contributed by atoms with Crippen molar-refractivity contribution in [3.8, 4) is 0 Å². The second kappa shape index (κ2) is 7.57. The predicted molar refractivity (Wildman–Crippen MR) is 93.5 cm³/mol. The summed E-state index contributed by atoms with van der Waals surface area (Å²) in [7, 11) is 0. The summed E-state index contributed by atoms with van der Waals surface area (Å²) in [6.07, 6.45) is 0. The molecule has 0 aliphatic heterocycles. The van der Waals surface area contributed by atoms with E-state index >= 15 is 0 Å². The molecular weight excluding hydrogens is 308 g/mol. The average molecular weight is 330 g/mol. The van der Waals surface area contributed by atoms with Crippen LogP contribution in [-0.2, 0) is 4.79 Å². The van der Waals surface area contributed by atoms with Crippen LogP contribution in [0.25, 0.3) is 0 Å². The van der Waals surface area contributed by atoms with E-state index in [4.69, 9.17) is 5.73 Å². The number of nitrogens with one attached hydrogen (secondary N) is 1. The molecule has 0 saturated carbocycles. The number of aryl methyl sites for hydroxylation is 2. The van der Waals surface area contributed by atoms with E-state index in [2.05, 4.69) is 15.3 Å². The summed E-state index contributed by atoms with van der Waals surface area (Å²) in [5.41, 5.74) is 8.41. The van der Waals surface area contributed by atoms with Crippen molar-refractivity contribution in [3.05, 3.63) is 41.7 Å². The largest absolute Gasteiger partial charge is 0.327 e. The van der Waals surface area contributed by atoms with E-state index in [0.717, 1.165) is 27.1 Å². The van der Waals surface area contributed by atoms with Crippen molar-refractivity contribution in [1.29, 1.82) is 0 Å². The van der Waals surface area contributed by atoms with E-state index in [0.29, 0.717) is 0 Å². The second-order valence-electron chi connectivity index (χ2n) is 5.70. The first-order chi connectivity index (χ1) is 10.8. The van der Waals surface area contributed by atoms with Gasteiger partial charge in [-0.1, -0.05) is 6.92 Å². The number of aromatic nitrogens is 2. The minimum atomic E-state index is -0.229. The van der Waals surface area contributed by atoms with E-state index in [1.807, 2.05) is 58.0 Å². The van der Waals surface area contributed by atoms with Gasteiger partial charge in [0.15, 0.2) is 5.16 Å². The molecule has 5 nitrogen and oxygen atoms in total. The number of nitrogens with two attached hydrogens (primary N) is 1. The third-order valence-corrected chi connectivity index (χ3v) is 4.37. The summed E-state index contributed by atoms with van der Waals surface area (Å²) in [5.74, 6) is -0.300. The highest BCUT2D eigenvalue weighted by molar-refractivity contribution is 7.99. The van der Waals surface area contributed by atoms with E-state index in [9.17, 15) is 4.79 Å². The van der Waals surface area contributed by atoms with Crippen LogP contribution in [0, 0.1) is 19.8 Å². The van der Waals surface area contributed by atoms with Crippen LogP contribution in [0.3, 0.4) is 0 Å². The Morgan fingerprint density at radius 3 is 2.22 bits per heavy atom. The quantitative estimate of drug-likeness (QED) is 0.823. The van der Waals surface area contributed by atoms with Gasteiger partial charge in [-0.15, -0.1) is 0 Å². The molecule has 0 aliphatic carbocycles. The topological polar surface area (TPSA) is 80.9 Å². The smallest absolute Gasteiger partial charge is 0.228 e. The predicted octanol–water partition coefficient (Wildman–Crippen LogP) is 3.17. The number of carbonyl (C=O) groups excluding carboxylic acids is 1. The summed E-state index contributed by atoms with van der Waals surface area (Å²) < 4.78 is 0. The van der Waals surface area contributed by atoms with Gasteiger partial charge in [-0.05, 0) is 62.9 Å². The first kappa shape index (κ1) is 17.4. The van der Waals surface area contributed by atoms with Crippen LogP contribution in [0.4, 0.5) is 5.69 Å². The molecule has 2 atom stereocenters. The monoisotopic (exact) mass is 330 g/mol. The standard InChI is InChI=1S/C17H22N4OS/c1-10-9-11(2)20-17(19-10)23-15-7-5-14(6-8-15)21-16(22)12(3)13(4)18/h5-9,12-13H,18H2,1-4H3,(H,21,22). The van der Waals surface area contributed by atoms with Crippen LogP contribution in [0.2, 0.25) is 0 Å². The molecule has 0 aliphatic rings. The zero-order valence-electron chi connectivity index (χ0n) is 13.8. The molecule has 0 radical (unpaired) electrons. The first-order valence-corrected chi connectivity index (χ1v) is 8.33. The molecule has 0 fully saturated rings. The van der Waals surface area contributed by atoms with Crippen molar-refractivity contribution in [2.24, 2.45) is 11.7 Å². The molecular formula is C17H22N4OS. The van der Waals surface area contributed by atoms with Crippen molar-refractivity contribution in [2.45, 2.75) is 43.8 Å². The maximum absolute atomic E-state index is 12.0. The lowest BCUT2D eigenvalue weighted by Gasteiger charge is -2.15. The maximum Gasteiger partial charge on any atom is 0.228 e. The Kier molecular flexibility index (Phi) is 5.74. The Bertz CT molecular complexity index is 665. The Morgan fingerprint density at radius 1 is 1.13 bits per heavy atom. The highest BCUT2D eigenvalue weighted by atomic mass is 32.2. The Morgan fingerprint density at radius 2 is 1.70 bits per heavy atom. The van der Waals surface area contributed by atoms with Gasteiger partial charge < -0.3 is 11.1 Å².